The summed E-state index contributed by atoms with van der Waals surface area (Å²) < 4.78 is 0. The molecule has 2 heterocycles. The van der Waals surface area contributed by atoms with Gasteiger partial charge in [0.25, 0.3) is 0 Å². The average Bonchev–Trinajstić information content (AvgIpc) is 2.49. The third kappa shape index (κ3) is 3.12. The Balaban J connectivity index is 2.38. The van der Waals surface area contributed by atoms with E-state index in [-0.39, 0.29) is 23.1 Å². The van der Waals surface area contributed by atoms with E-state index in [1.54, 1.807) is 0 Å². The largest absolute Gasteiger partial charge is 0.396 e. The van der Waals surface area contributed by atoms with Crippen LogP contribution in [0.3, 0.4) is 0 Å². The first kappa shape index (κ1) is 14.0. The number of nitrogen functional groups attached to an aromatic ring is 2. The van der Waals surface area contributed by atoms with Gasteiger partial charge in [-0.1, -0.05) is 0 Å². The molecule has 6 N–H and O–H groups in total. The topological polar surface area (TPSA) is 167 Å². The van der Waals surface area contributed by atoms with Crippen molar-refractivity contribution in [1.82, 2.24) is 19.9 Å². The molecule has 0 atom stereocenters. The van der Waals surface area contributed by atoms with E-state index in [0.29, 0.717) is 11.4 Å². The van der Waals surface area contributed by atoms with Gasteiger partial charge in [-0.2, -0.15) is 0 Å². The zero-order valence-corrected chi connectivity index (χ0v) is 10.9. The molecule has 10 heteroatoms. The van der Waals surface area contributed by atoms with Crippen molar-refractivity contribution in [2.24, 2.45) is 20.9 Å². The smallest absolute Gasteiger partial charge is 0.202 e. The molecule has 10 nitrogen and oxygen atoms in total. The Morgan fingerprint density at radius 1 is 0.952 bits per heavy atom. The van der Waals surface area contributed by atoms with E-state index in [1.807, 2.05) is 0 Å². The molecule has 0 amide bonds. The van der Waals surface area contributed by atoms with Gasteiger partial charge < -0.3 is 17.2 Å². The molecule has 0 aliphatic rings. The quantitative estimate of drug-likeness (QED) is 0.376. The molecule has 106 valence electrons. The fourth-order valence-corrected chi connectivity index (χ4v) is 1.38. The Labute approximate surface area is 119 Å². The molecule has 0 saturated carbocycles. The molecule has 21 heavy (non-hydrogen) atoms. The van der Waals surface area contributed by atoms with Gasteiger partial charge in [-0.3, -0.25) is 0 Å². The lowest BCUT2D eigenvalue weighted by atomic mass is 10.3. The standard InChI is InChI=1S/C11H12N10/c1-15-11(9-7(13)3-17-5-19-9)21-20-10(14)8-6(12)2-16-4-18-8/h2-5H,1,12-13H2,(H2,14,20)/b21-11-. The summed E-state index contributed by atoms with van der Waals surface area (Å²) in [5, 5.41) is 7.66. The number of hydrogen-bond donors (Lipinski definition) is 3. The van der Waals surface area contributed by atoms with Gasteiger partial charge in [0.15, 0.2) is 5.84 Å². The summed E-state index contributed by atoms with van der Waals surface area (Å²) in [5.74, 6) is 0.106. The molecule has 0 radical (unpaired) electrons. The second kappa shape index (κ2) is 6.14. The van der Waals surface area contributed by atoms with Crippen LogP contribution in [0.2, 0.25) is 0 Å². The zero-order chi connectivity index (χ0) is 15.2. The van der Waals surface area contributed by atoms with Crippen LogP contribution in [0.5, 0.6) is 0 Å². The Kier molecular flexibility index (Phi) is 4.09. The number of anilines is 2. The van der Waals surface area contributed by atoms with E-state index in [4.69, 9.17) is 17.2 Å². The molecule has 0 aliphatic heterocycles. The first-order chi connectivity index (χ1) is 10.1. The highest BCUT2D eigenvalue weighted by Gasteiger charge is 2.09. The number of amidine groups is 2. The van der Waals surface area contributed by atoms with Gasteiger partial charge in [0.2, 0.25) is 5.84 Å². The van der Waals surface area contributed by atoms with Crippen molar-refractivity contribution in [2.75, 3.05) is 11.5 Å². The maximum Gasteiger partial charge on any atom is 0.202 e. The third-order valence-corrected chi connectivity index (χ3v) is 2.34. The fourth-order valence-electron chi connectivity index (χ4n) is 1.38. The SMILES string of the molecule is C=N/C(=N\N=C(/N)c1ncncc1N)c1ncncc1N. The molecule has 2 rings (SSSR count). The molecular formula is C11H12N10. The summed E-state index contributed by atoms with van der Waals surface area (Å²) in [4.78, 5) is 19.1. The zero-order valence-electron chi connectivity index (χ0n) is 10.9. The lowest BCUT2D eigenvalue weighted by molar-refractivity contribution is 1.11. The van der Waals surface area contributed by atoms with Gasteiger partial charge >= 0.3 is 0 Å². The average molecular weight is 284 g/mol. The second-order valence-electron chi connectivity index (χ2n) is 3.72. The molecule has 0 unspecified atom stereocenters. The fraction of sp³-hybridized carbons (Fsp3) is 0. The van der Waals surface area contributed by atoms with Crippen LogP contribution in [0.25, 0.3) is 0 Å². The van der Waals surface area contributed by atoms with Gasteiger partial charge in [-0.25, -0.2) is 24.9 Å². The van der Waals surface area contributed by atoms with Crippen molar-refractivity contribution in [3.63, 3.8) is 0 Å². The van der Waals surface area contributed by atoms with Crippen molar-refractivity contribution in [2.45, 2.75) is 0 Å². The predicted molar refractivity (Wildman–Crippen MR) is 79.7 cm³/mol. The lowest BCUT2D eigenvalue weighted by Crippen LogP contribution is -2.17. The van der Waals surface area contributed by atoms with Crippen molar-refractivity contribution in [1.29, 1.82) is 0 Å². The van der Waals surface area contributed by atoms with Crippen molar-refractivity contribution in [3.8, 4) is 0 Å². The Morgan fingerprint density at radius 2 is 1.52 bits per heavy atom. The molecule has 0 saturated heterocycles. The predicted octanol–water partition coefficient (Wildman–Crippen LogP) is -0.801. The highest BCUT2D eigenvalue weighted by molar-refractivity contribution is 6.04. The van der Waals surface area contributed by atoms with E-state index in [9.17, 15) is 0 Å². The Morgan fingerprint density at radius 3 is 2.05 bits per heavy atom. The Bertz CT molecular complexity index is 720. The maximum absolute atomic E-state index is 5.76. The lowest BCUT2D eigenvalue weighted by Gasteiger charge is -2.02. The third-order valence-electron chi connectivity index (χ3n) is 2.34. The normalized spacial score (nSPS) is 12.2. The highest BCUT2D eigenvalue weighted by Crippen LogP contribution is 2.09. The number of hydrogen-bond acceptors (Lipinski definition) is 8. The van der Waals surface area contributed by atoms with Gasteiger partial charge in [-0.05, 0) is 6.72 Å². The minimum Gasteiger partial charge on any atom is -0.396 e. The first-order valence-electron chi connectivity index (χ1n) is 5.63. The van der Waals surface area contributed by atoms with Crippen LogP contribution in [-0.4, -0.2) is 38.3 Å². The van der Waals surface area contributed by atoms with Crippen LogP contribution in [0.1, 0.15) is 11.4 Å². The van der Waals surface area contributed by atoms with Gasteiger partial charge in [0.05, 0.1) is 23.8 Å². The molecule has 2 aromatic rings. The van der Waals surface area contributed by atoms with Gasteiger partial charge in [-0.15, -0.1) is 10.2 Å². The van der Waals surface area contributed by atoms with E-state index in [1.165, 1.54) is 25.0 Å². The molecule has 0 fully saturated rings. The van der Waals surface area contributed by atoms with Crippen LogP contribution in [-0.2, 0) is 0 Å². The maximum atomic E-state index is 5.76. The van der Waals surface area contributed by atoms with E-state index in [2.05, 4.69) is 41.8 Å². The molecular weight excluding hydrogens is 272 g/mol. The second-order valence-corrected chi connectivity index (χ2v) is 3.72. The molecule has 0 bridgehead atoms. The van der Waals surface area contributed by atoms with Crippen LogP contribution >= 0.6 is 0 Å². The van der Waals surface area contributed by atoms with E-state index in [0.717, 1.165) is 0 Å². The number of nitrogens with two attached hydrogens (primary N) is 3. The monoisotopic (exact) mass is 284 g/mol. The van der Waals surface area contributed by atoms with Crippen molar-refractivity contribution >= 4 is 29.8 Å². The van der Waals surface area contributed by atoms with Crippen LogP contribution in [0.15, 0.2) is 40.2 Å². The number of aliphatic imine (C=N–C) groups is 1. The van der Waals surface area contributed by atoms with Crippen LogP contribution in [0.4, 0.5) is 11.4 Å². The molecule has 2 aromatic heterocycles. The summed E-state index contributed by atoms with van der Waals surface area (Å²) >= 11 is 0. The Hall–Kier alpha value is -3.43. The summed E-state index contributed by atoms with van der Waals surface area (Å²) in [5.41, 5.74) is 18.3. The first-order valence-corrected chi connectivity index (χ1v) is 5.63. The molecule has 0 spiro atoms. The summed E-state index contributed by atoms with van der Waals surface area (Å²) in [6.07, 6.45) is 5.43. The minimum atomic E-state index is 0.00341. The van der Waals surface area contributed by atoms with Gasteiger partial charge in [0.1, 0.15) is 24.0 Å². The summed E-state index contributed by atoms with van der Waals surface area (Å²) in [7, 11) is 0. The van der Waals surface area contributed by atoms with E-state index < -0.39 is 0 Å². The van der Waals surface area contributed by atoms with E-state index >= 15 is 0 Å². The van der Waals surface area contributed by atoms with Crippen molar-refractivity contribution in [3.05, 3.63) is 36.4 Å². The number of aromatic nitrogens is 4. The number of rotatable bonds is 3. The minimum absolute atomic E-state index is 0.00341. The summed E-state index contributed by atoms with van der Waals surface area (Å²) in [6, 6.07) is 0. The van der Waals surface area contributed by atoms with Crippen LogP contribution in [0, 0.1) is 0 Å². The van der Waals surface area contributed by atoms with Gasteiger partial charge in [0, 0.05) is 0 Å². The van der Waals surface area contributed by atoms with Crippen molar-refractivity contribution < 1.29 is 0 Å². The highest BCUT2D eigenvalue weighted by atomic mass is 15.3. The molecule has 0 aliphatic carbocycles. The molecule has 0 aromatic carbocycles. The van der Waals surface area contributed by atoms with Crippen LogP contribution < -0.4 is 17.2 Å². The number of nitrogens with zero attached hydrogens (tertiary/aromatic N) is 7. The summed E-state index contributed by atoms with van der Waals surface area (Å²) in [6.45, 7) is 3.39.